The van der Waals surface area contributed by atoms with Gasteiger partial charge in [-0.2, -0.15) is 0 Å². The summed E-state index contributed by atoms with van der Waals surface area (Å²) in [6.07, 6.45) is 8.58. The maximum Gasteiger partial charge on any atom is 0.0342 e. The first-order valence-electron chi connectivity index (χ1n) is 8.40. The zero-order chi connectivity index (χ0) is 16.7. The van der Waals surface area contributed by atoms with Crippen LogP contribution in [-0.4, -0.2) is 23.5 Å². The summed E-state index contributed by atoms with van der Waals surface area (Å²) in [4.78, 5) is 9.36. The number of aromatic nitrogens is 1. The summed E-state index contributed by atoms with van der Waals surface area (Å²) in [6.45, 7) is 8.96. The van der Waals surface area contributed by atoms with Gasteiger partial charge in [0.1, 0.15) is 0 Å². The molecule has 0 N–H and O–H groups in total. The van der Waals surface area contributed by atoms with Crippen LogP contribution in [0.1, 0.15) is 48.9 Å². The highest BCUT2D eigenvalue weighted by Crippen LogP contribution is 2.23. The van der Waals surface area contributed by atoms with Crippen LogP contribution in [0.3, 0.4) is 0 Å². The highest BCUT2D eigenvalue weighted by molar-refractivity contribution is 7.12. The lowest BCUT2D eigenvalue weighted by Crippen LogP contribution is -2.18. The second kappa shape index (κ2) is 8.99. The Morgan fingerprint density at radius 3 is 2.83 bits per heavy atom. The number of hydrogen-bond donors (Lipinski definition) is 0. The molecule has 0 aliphatic rings. The van der Waals surface area contributed by atoms with Crippen molar-refractivity contribution in [3.8, 4) is 0 Å². The molecule has 0 radical (unpaired) electrons. The predicted octanol–water partition coefficient (Wildman–Crippen LogP) is 5.57. The minimum Gasteiger partial charge on any atom is -0.301 e. The quantitative estimate of drug-likeness (QED) is 0.629. The molecule has 0 aromatic carbocycles. The monoisotopic (exact) mass is 328 g/mol. The Morgan fingerprint density at radius 1 is 1.30 bits per heavy atom. The van der Waals surface area contributed by atoms with Gasteiger partial charge in [-0.05, 0) is 74.7 Å². The fourth-order valence-corrected chi connectivity index (χ4v) is 3.66. The van der Waals surface area contributed by atoms with Crippen LogP contribution in [0.15, 0.2) is 36.7 Å². The maximum absolute atomic E-state index is 4.19. The SMILES string of the molecule is C/C(=C/c1ccc(CN(C)CCCC(C)C)s1)c1cccnc1. The van der Waals surface area contributed by atoms with E-state index < -0.39 is 0 Å². The third kappa shape index (κ3) is 6.28. The normalized spacial score (nSPS) is 12.3. The fraction of sp³-hybridized carbons (Fsp3) is 0.450. The summed E-state index contributed by atoms with van der Waals surface area (Å²) in [5.74, 6) is 0.803. The van der Waals surface area contributed by atoms with E-state index in [2.05, 4.69) is 62.0 Å². The summed E-state index contributed by atoms with van der Waals surface area (Å²) in [6, 6.07) is 8.57. The molecule has 124 valence electrons. The Balaban J connectivity index is 1.90. The smallest absolute Gasteiger partial charge is 0.0342 e. The van der Waals surface area contributed by atoms with E-state index in [1.165, 1.54) is 40.3 Å². The molecule has 0 aliphatic heterocycles. The van der Waals surface area contributed by atoms with Crippen molar-refractivity contribution >= 4 is 23.0 Å². The Kier molecular flexibility index (Phi) is 7.00. The third-order valence-electron chi connectivity index (χ3n) is 3.91. The van der Waals surface area contributed by atoms with Crippen LogP contribution in [0.2, 0.25) is 0 Å². The highest BCUT2D eigenvalue weighted by atomic mass is 32.1. The van der Waals surface area contributed by atoms with E-state index in [9.17, 15) is 0 Å². The van der Waals surface area contributed by atoms with E-state index in [0.717, 1.165) is 12.5 Å². The molecule has 0 fully saturated rings. The molecule has 0 unspecified atom stereocenters. The molecule has 23 heavy (non-hydrogen) atoms. The molecule has 2 heterocycles. The van der Waals surface area contributed by atoms with E-state index in [0.29, 0.717) is 0 Å². The van der Waals surface area contributed by atoms with E-state index in [1.807, 2.05) is 29.8 Å². The second-order valence-electron chi connectivity index (χ2n) is 6.65. The summed E-state index contributed by atoms with van der Waals surface area (Å²) in [7, 11) is 2.22. The lowest BCUT2D eigenvalue weighted by Gasteiger charge is -2.16. The van der Waals surface area contributed by atoms with Crippen LogP contribution in [0.5, 0.6) is 0 Å². The van der Waals surface area contributed by atoms with Crippen LogP contribution in [-0.2, 0) is 6.54 Å². The van der Waals surface area contributed by atoms with Gasteiger partial charge in [0.05, 0.1) is 0 Å². The van der Waals surface area contributed by atoms with Crippen molar-refractivity contribution in [1.82, 2.24) is 9.88 Å². The zero-order valence-corrected chi connectivity index (χ0v) is 15.6. The Hall–Kier alpha value is -1.45. The van der Waals surface area contributed by atoms with Crippen molar-refractivity contribution in [1.29, 1.82) is 0 Å². The number of nitrogens with zero attached hydrogens (tertiary/aromatic N) is 2. The first-order valence-corrected chi connectivity index (χ1v) is 9.22. The predicted molar refractivity (Wildman–Crippen MR) is 103 cm³/mol. The van der Waals surface area contributed by atoms with Gasteiger partial charge in [-0.3, -0.25) is 4.98 Å². The summed E-state index contributed by atoms with van der Waals surface area (Å²) in [5.41, 5.74) is 2.45. The van der Waals surface area contributed by atoms with Gasteiger partial charge in [-0.15, -0.1) is 11.3 Å². The first kappa shape index (κ1) is 17.9. The van der Waals surface area contributed by atoms with E-state index >= 15 is 0 Å². The Bertz CT molecular complexity index is 614. The molecule has 2 aromatic heterocycles. The van der Waals surface area contributed by atoms with Gasteiger partial charge in [-0.25, -0.2) is 0 Å². The Morgan fingerprint density at radius 2 is 2.13 bits per heavy atom. The van der Waals surface area contributed by atoms with Gasteiger partial charge in [0.15, 0.2) is 0 Å². The molecule has 2 nitrogen and oxygen atoms in total. The molecule has 0 saturated carbocycles. The van der Waals surface area contributed by atoms with E-state index in [4.69, 9.17) is 0 Å². The number of hydrogen-bond acceptors (Lipinski definition) is 3. The summed E-state index contributed by atoms with van der Waals surface area (Å²) in [5, 5.41) is 0. The molecule has 0 amide bonds. The van der Waals surface area contributed by atoms with Crippen LogP contribution in [0, 0.1) is 5.92 Å². The molecular formula is C20H28N2S. The van der Waals surface area contributed by atoms with Crippen LogP contribution >= 0.6 is 11.3 Å². The van der Waals surface area contributed by atoms with Gasteiger partial charge in [0.2, 0.25) is 0 Å². The molecule has 0 aliphatic carbocycles. The van der Waals surface area contributed by atoms with E-state index in [1.54, 1.807) is 0 Å². The highest BCUT2D eigenvalue weighted by Gasteiger charge is 2.05. The van der Waals surface area contributed by atoms with Gasteiger partial charge in [-0.1, -0.05) is 19.9 Å². The first-order chi connectivity index (χ1) is 11.0. The molecule has 0 saturated heterocycles. The van der Waals surface area contributed by atoms with E-state index in [-0.39, 0.29) is 0 Å². The lowest BCUT2D eigenvalue weighted by molar-refractivity contribution is 0.313. The number of thiophene rings is 1. The average molecular weight is 329 g/mol. The Labute approximate surface area is 144 Å². The number of rotatable bonds is 8. The van der Waals surface area contributed by atoms with Crippen molar-refractivity contribution in [2.45, 2.75) is 40.2 Å². The van der Waals surface area contributed by atoms with Crippen molar-refractivity contribution in [2.24, 2.45) is 5.92 Å². The zero-order valence-electron chi connectivity index (χ0n) is 14.7. The summed E-state index contributed by atoms with van der Waals surface area (Å²) < 4.78 is 0. The van der Waals surface area contributed by atoms with Crippen LogP contribution < -0.4 is 0 Å². The number of pyridine rings is 1. The topological polar surface area (TPSA) is 16.1 Å². The minimum atomic E-state index is 0.803. The van der Waals surface area contributed by atoms with Gasteiger partial charge in [0.25, 0.3) is 0 Å². The van der Waals surface area contributed by atoms with Crippen LogP contribution in [0.25, 0.3) is 11.6 Å². The van der Waals surface area contributed by atoms with Crippen molar-refractivity contribution in [2.75, 3.05) is 13.6 Å². The average Bonchev–Trinajstić information content (AvgIpc) is 2.94. The van der Waals surface area contributed by atoms with Crippen LogP contribution in [0.4, 0.5) is 0 Å². The minimum absolute atomic E-state index is 0.803. The van der Waals surface area contributed by atoms with Crippen molar-refractivity contribution in [3.05, 3.63) is 52.0 Å². The molecule has 0 spiro atoms. The molecular weight excluding hydrogens is 300 g/mol. The largest absolute Gasteiger partial charge is 0.301 e. The van der Waals surface area contributed by atoms with Crippen molar-refractivity contribution in [3.63, 3.8) is 0 Å². The van der Waals surface area contributed by atoms with Crippen molar-refractivity contribution < 1.29 is 0 Å². The molecule has 2 aromatic rings. The van der Waals surface area contributed by atoms with Gasteiger partial charge < -0.3 is 4.90 Å². The maximum atomic E-state index is 4.19. The third-order valence-corrected chi connectivity index (χ3v) is 4.92. The molecule has 0 bridgehead atoms. The standard InChI is InChI=1S/C20H28N2S/c1-16(2)7-6-12-22(4)15-20-10-9-19(23-20)13-17(3)18-8-5-11-21-14-18/h5,8-11,13-14,16H,6-7,12,15H2,1-4H3/b17-13-. The molecule has 2 rings (SSSR count). The van der Waals surface area contributed by atoms with Gasteiger partial charge in [0, 0.05) is 28.7 Å². The fourth-order valence-electron chi connectivity index (χ4n) is 2.56. The lowest BCUT2D eigenvalue weighted by atomic mass is 10.1. The number of allylic oxidation sites excluding steroid dienone is 1. The second-order valence-corrected chi connectivity index (χ2v) is 7.85. The van der Waals surface area contributed by atoms with Gasteiger partial charge >= 0.3 is 0 Å². The molecule has 3 heteroatoms. The summed E-state index contributed by atoms with van der Waals surface area (Å²) >= 11 is 1.89. The molecule has 0 atom stereocenters.